The zero-order chi connectivity index (χ0) is 16.6. The van der Waals surface area contributed by atoms with Gasteiger partial charge in [-0.3, -0.25) is 19.5 Å². The number of nitrogens with two attached hydrogens (primary N) is 1. The normalized spacial score (nSPS) is 10.8. The zero-order valence-corrected chi connectivity index (χ0v) is 11.8. The van der Waals surface area contributed by atoms with Gasteiger partial charge in [-0.1, -0.05) is 12.1 Å². The van der Waals surface area contributed by atoms with Crippen molar-refractivity contribution in [2.75, 3.05) is 0 Å². The molecule has 0 saturated heterocycles. The molecule has 8 nitrogen and oxygen atoms in total. The molecule has 0 aliphatic heterocycles. The topological polar surface area (TPSA) is 121 Å². The van der Waals surface area contributed by atoms with E-state index in [4.69, 9.17) is 10.2 Å². The maximum atomic E-state index is 12.0. The van der Waals surface area contributed by atoms with Crippen LogP contribution in [0.3, 0.4) is 0 Å². The highest BCUT2D eigenvalue weighted by Crippen LogP contribution is 2.20. The van der Waals surface area contributed by atoms with E-state index in [-0.39, 0.29) is 17.8 Å². The van der Waals surface area contributed by atoms with Crippen LogP contribution in [0.5, 0.6) is 0 Å². The molecule has 0 atom stereocenters. The van der Waals surface area contributed by atoms with Crippen LogP contribution in [0.25, 0.3) is 11.1 Å². The summed E-state index contributed by atoms with van der Waals surface area (Å²) in [4.78, 5) is 33.4. The van der Waals surface area contributed by atoms with Gasteiger partial charge >= 0.3 is 5.76 Å². The summed E-state index contributed by atoms with van der Waals surface area (Å²) >= 11 is 0. The minimum absolute atomic E-state index is 0.134. The smallest absolute Gasteiger partial charge is 0.407 e. The number of carbonyl (C=O) groups is 1. The van der Waals surface area contributed by atoms with Crippen molar-refractivity contribution >= 4 is 22.7 Å². The average molecular weight is 313 g/mol. The zero-order valence-electron chi connectivity index (χ0n) is 11.8. The largest absolute Gasteiger partial charge is 0.420 e. The molecule has 0 bridgehead atoms. The highest BCUT2D eigenvalue weighted by Gasteiger charge is 2.14. The van der Waals surface area contributed by atoms with Crippen molar-refractivity contribution in [1.82, 2.24) is 4.57 Å². The molecule has 116 valence electrons. The fourth-order valence-electron chi connectivity index (χ4n) is 2.32. The lowest BCUT2D eigenvalue weighted by molar-refractivity contribution is -0.384. The number of fused-ring (bicyclic) bond motifs is 1. The first-order valence-electron chi connectivity index (χ1n) is 6.62. The number of primary amides is 1. The molecule has 0 spiro atoms. The van der Waals surface area contributed by atoms with Crippen molar-refractivity contribution in [3.63, 3.8) is 0 Å². The minimum Gasteiger partial charge on any atom is -0.407 e. The molecule has 0 radical (unpaired) electrons. The van der Waals surface area contributed by atoms with E-state index < -0.39 is 16.6 Å². The second-order valence-electron chi connectivity index (χ2n) is 4.93. The molecule has 1 heterocycles. The number of non-ortho nitro benzene ring substituents is 1. The third-order valence-corrected chi connectivity index (χ3v) is 3.41. The van der Waals surface area contributed by atoms with Crippen molar-refractivity contribution in [2.45, 2.75) is 6.54 Å². The number of hydrogen-bond donors (Lipinski definition) is 1. The van der Waals surface area contributed by atoms with E-state index in [9.17, 15) is 19.7 Å². The molecule has 0 fully saturated rings. The van der Waals surface area contributed by atoms with Gasteiger partial charge in [0.05, 0.1) is 23.1 Å². The Balaban J connectivity index is 2.05. The highest BCUT2D eigenvalue weighted by atomic mass is 16.6. The Hall–Kier alpha value is -3.42. The third kappa shape index (κ3) is 2.69. The fraction of sp³-hybridized carbons (Fsp3) is 0.0667. The number of nitrogens with zero attached hydrogens (tertiary/aromatic N) is 2. The maximum absolute atomic E-state index is 12.0. The standard InChI is InChI=1S/C15H11N3O5/c16-14(19)10-3-1-2-9(6-10)8-17-12-5-4-11(18(21)22)7-13(12)23-15(17)20/h1-7H,8H2,(H2,16,19). The molecule has 3 aromatic rings. The summed E-state index contributed by atoms with van der Waals surface area (Å²) in [5.41, 5.74) is 6.66. The van der Waals surface area contributed by atoms with E-state index >= 15 is 0 Å². The molecule has 23 heavy (non-hydrogen) atoms. The molecule has 0 unspecified atom stereocenters. The van der Waals surface area contributed by atoms with Crippen LogP contribution in [0.2, 0.25) is 0 Å². The van der Waals surface area contributed by atoms with Crippen molar-refractivity contribution < 1.29 is 14.1 Å². The molecule has 1 amide bonds. The van der Waals surface area contributed by atoms with Gasteiger partial charge in [-0.2, -0.15) is 0 Å². The number of aromatic nitrogens is 1. The number of rotatable bonds is 4. The third-order valence-electron chi connectivity index (χ3n) is 3.41. The first-order chi connectivity index (χ1) is 11.0. The summed E-state index contributed by atoms with van der Waals surface area (Å²) < 4.78 is 6.38. The summed E-state index contributed by atoms with van der Waals surface area (Å²) in [6.45, 7) is 0.158. The van der Waals surface area contributed by atoms with Crippen LogP contribution in [0, 0.1) is 10.1 Å². The predicted octanol–water partition coefficient (Wildman–Crippen LogP) is 1.65. The maximum Gasteiger partial charge on any atom is 0.420 e. The molecule has 0 aliphatic carbocycles. The number of benzene rings is 2. The van der Waals surface area contributed by atoms with Gasteiger partial charge in [0.2, 0.25) is 5.91 Å². The average Bonchev–Trinajstić information content (AvgIpc) is 2.82. The van der Waals surface area contributed by atoms with Crippen LogP contribution in [0.4, 0.5) is 5.69 Å². The molecule has 2 N–H and O–H groups in total. The Morgan fingerprint density at radius 2 is 2.04 bits per heavy atom. The lowest BCUT2D eigenvalue weighted by atomic mass is 10.1. The Morgan fingerprint density at radius 1 is 1.26 bits per heavy atom. The molecular formula is C15H11N3O5. The molecule has 2 aromatic carbocycles. The number of oxazole rings is 1. The number of amides is 1. The number of carbonyl (C=O) groups excluding carboxylic acids is 1. The quantitative estimate of drug-likeness (QED) is 0.579. The molecular weight excluding hydrogens is 302 g/mol. The fourth-order valence-corrected chi connectivity index (χ4v) is 2.32. The van der Waals surface area contributed by atoms with Crippen LogP contribution in [-0.2, 0) is 6.54 Å². The van der Waals surface area contributed by atoms with Gasteiger partial charge in [-0.05, 0) is 23.8 Å². The van der Waals surface area contributed by atoms with E-state index in [0.717, 1.165) is 0 Å². The summed E-state index contributed by atoms with van der Waals surface area (Å²) in [7, 11) is 0. The van der Waals surface area contributed by atoms with Gasteiger partial charge in [0.15, 0.2) is 5.58 Å². The number of nitro groups is 1. The predicted molar refractivity (Wildman–Crippen MR) is 81.2 cm³/mol. The lowest BCUT2D eigenvalue weighted by Crippen LogP contribution is -2.16. The lowest BCUT2D eigenvalue weighted by Gasteiger charge is -2.04. The molecule has 0 saturated carbocycles. The van der Waals surface area contributed by atoms with Gasteiger partial charge in [0.25, 0.3) is 5.69 Å². The summed E-state index contributed by atoms with van der Waals surface area (Å²) in [6, 6.07) is 10.5. The van der Waals surface area contributed by atoms with Crippen LogP contribution in [0.15, 0.2) is 51.7 Å². The van der Waals surface area contributed by atoms with Gasteiger partial charge < -0.3 is 10.2 Å². The number of nitro benzene ring substituents is 1. The SMILES string of the molecule is NC(=O)c1cccc(Cn2c(=O)oc3cc([N+](=O)[O-])ccc32)c1. The van der Waals surface area contributed by atoms with Gasteiger partial charge in [-0.15, -0.1) is 0 Å². The molecule has 1 aromatic heterocycles. The van der Waals surface area contributed by atoms with E-state index in [1.54, 1.807) is 24.3 Å². The van der Waals surface area contributed by atoms with Crippen LogP contribution in [0.1, 0.15) is 15.9 Å². The number of hydrogen-bond acceptors (Lipinski definition) is 5. The highest BCUT2D eigenvalue weighted by molar-refractivity contribution is 5.92. The monoisotopic (exact) mass is 313 g/mol. The van der Waals surface area contributed by atoms with E-state index in [2.05, 4.69) is 0 Å². The second kappa shape index (κ2) is 5.41. The minimum atomic E-state index is -0.634. The Bertz CT molecular complexity index is 986. The van der Waals surface area contributed by atoms with Crippen molar-refractivity contribution in [2.24, 2.45) is 5.73 Å². The second-order valence-corrected chi connectivity index (χ2v) is 4.93. The van der Waals surface area contributed by atoms with Crippen LogP contribution >= 0.6 is 0 Å². The molecule has 8 heteroatoms. The first kappa shape index (κ1) is 14.5. The van der Waals surface area contributed by atoms with Gasteiger partial charge in [0, 0.05) is 11.6 Å². The van der Waals surface area contributed by atoms with E-state index in [1.165, 1.54) is 22.8 Å². The van der Waals surface area contributed by atoms with Crippen LogP contribution in [-0.4, -0.2) is 15.4 Å². The Labute approximate surface area is 128 Å². The van der Waals surface area contributed by atoms with Crippen molar-refractivity contribution in [1.29, 1.82) is 0 Å². The Morgan fingerprint density at radius 3 is 2.74 bits per heavy atom. The van der Waals surface area contributed by atoms with Gasteiger partial charge in [-0.25, -0.2) is 4.79 Å². The summed E-state index contributed by atoms with van der Waals surface area (Å²) in [5.74, 6) is -1.20. The van der Waals surface area contributed by atoms with E-state index in [0.29, 0.717) is 16.6 Å². The molecule has 3 rings (SSSR count). The van der Waals surface area contributed by atoms with Gasteiger partial charge in [0.1, 0.15) is 0 Å². The van der Waals surface area contributed by atoms with Crippen LogP contribution < -0.4 is 11.5 Å². The Kier molecular flexibility index (Phi) is 3.41. The summed E-state index contributed by atoms with van der Waals surface area (Å²) in [6.07, 6.45) is 0. The summed E-state index contributed by atoms with van der Waals surface area (Å²) in [5, 5.41) is 10.8. The first-order valence-corrected chi connectivity index (χ1v) is 6.62. The van der Waals surface area contributed by atoms with Crippen molar-refractivity contribution in [3.8, 4) is 0 Å². The van der Waals surface area contributed by atoms with Crippen molar-refractivity contribution in [3.05, 3.63) is 74.3 Å². The molecule has 0 aliphatic rings. The van der Waals surface area contributed by atoms with E-state index in [1.807, 2.05) is 0 Å².